The summed E-state index contributed by atoms with van der Waals surface area (Å²) in [6.07, 6.45) is 3.76. The summed E-state index contributed by atoms with van der Waals surface area (Å²) in [5, 5.41) is 12.5. The van der Waals surface area contributed by atoms with Crippen molar-refractivity contribution in [2.24, 2.45) is 0 Å². The van der Waals surface area contributed by atoms with E-state index in [9.17, 15) is 9.90 Å². The number of hydrogen-bond acceptors (Lipinski definition) is 4. The van der Waals surface area contributed by atoms with Gasteiger partial charge in [0.05, 0.1) is 16.9 Å². The van der Waals surface area contributed by atoms with Gasteiger partial charge in [-0.2, -0.15) is 0 Å². The molecule has 0 spiro atoms. The minimum Gasteiger partial charge on any atom is -0.506 e. The number of phenolic OH excluding ortho intramolecular Hbond substituents is 1. The summed E-state index contributed by atoms with van der Waals surface area (Å²) < 4.78 is 0. The van der Waals surface area contributed by atoms with Crippen LogP contribution in [0, 0.1) is 0 Å². The van der Waals surface area contributed by atoms with Crippen molar-refractivity contribution in [2.75, 3.05) is 5.32 Å². The van der Waals surface area contributed by atoms with Gasteiger partial charge in [-0.1, -0.05) is 12.1 Å². The van der Waals surface area contributed by atoms with Crippen molar-refractivity contribution in [3.8, 4) is 5.75 Å². The molecular weight excluding hydrogens is 204 g/mol. The van der Waals surface area contributed by atoms with E-state index in [1.54, 1.807) is 36.5 Å². The van der Waals surface area contributed by atoms with Crippen LogP contribution in [0.3, 0.4) is 0 Å². The Balaban J connectivity index is 2.34. The van der Waals surface area contributed by atoms with Crippen LogP contribution >= 0.6 is 0 Å². The second kappa shape index (κ2) is 4.44. The van der Waals surface area contributed by atoms with E-state index in [4.69, 9.17) is 0 Å². The normalized spacial score (nSPS) is 9.75. The molecule has 2 aromatic rings. The number of aldehydes is 1. The number of rotatable bonds is 3. The van der Waals surface area contributed by atoms with Gasteiger partial charge >= 0.3 is 0 Å². The highest BCUT2D eigenvalue weighted by Gasteiger charge is 2.03. The Bertz CT molecular complexity index is 512. The number of phenols is 1. The third-order valence-corrected chi connectivity index (χ3v) is 2.15. The molecule has 2 N–H and O–H groups in total. The predicted molar refractivity (Wildman–Crippen MR) is 61.0 cm³/mol. The maximum absolute atomic E-state index is 10.8. The van der Waals surface area contributed by atoms with Crippen LogP contribution in [-0.4, -0.2) is 16.4 Å². The first kappa shape index (κ1) is 10.2. The second-order valence-electron chi connectivity index (χ2n) is 3.22. The van der Waals surface area contributed by atoms with Crippen molar-refractivity contribution >= 4 is 17.7 Å². The Morgan fingerprint density at radius 2 is 2.00 bits per heavy atom. The lowest BCUT2D eigenvalue weighted by atomic mass is 10.2. The Morgan fingerprint density at radius 1 is 1.19 bits per heavy atom. The van der Waals surface area contributed by atoms with Gasteiger partial charge < -0.3 is 10.4 Å². The molecule has 2 rings (SSSR count). The van der Waals surface area contributed by atoms with Gasteiger partial charge in [-0.15, -0.1) is 0 Å². The van der Waals surface area contributed by atoms with Gasteiger partial charge in [0, 0.05) is 12.4 Å². The summed E-state index contributed by atoms with van der Waals surface area (Å²) in [4.78, 5) is 14.6. The Labute approximate surface area is 92.6 Å². The van der Waals surface area contributed by atoms with E-state index in [-0.39, 0.29) is 5.75 Å². The van der Waals surface area contributed by atoms with Crippen LogP contribution in [0.1, 0.15) is 10.4 Å². The van der Waals surface area contributed by atoms with Gasteiger partial charge in [0.25, 0.3) is 0 Å². The summed E-state index contributed by atoms with van der Waals surface area (Å²) in [5.74, 6) is 0.135. The molecule has 4 heteroatoms. The van der Waals surface area contributed by atoms with Crippen LogP contribution in [0.4, 0.5) is 11.4 Å². The smallest absolute Gasteiger partial charge is 0.153 e. The van der Waals surface area contributed by atoms with Gasteiger partial charge in [0.1, 0.15) is 5.75 Å². The number of hydrogen-bond donors (Lipinski definition) is 2. The number of benzene rings is 1. The van der Waals surface area contributed by atoms with Gasteiger partial charge in [0.15, 0.2) is 6.29 Å². The van der Waals surface area contributed by atoms with E-state index < -0.39 is 0 Å². The number of aromatic hydroxyl groups is 1. The Hall–Kier alpha value is -2.36. The molecule has 0 atom stereocenters. The number of aromatic nitrogens is 1. The fourth-order valence-corrected chi connectivity index (χ4v) is 1.34. The first-order chi connectivity index (χ1) is 7.81. The molecule has 1 aromatic heterocycles. The lowest BCUT2D eigenvalue weighted by Gasteiger charge is -2.09. The van der Waals surface area contributed by atoms with Crippen molar-refractivity contribution in [1.29, 1.82) is 0 Å². The zero-order valence-electron chi connectivity index (χ0n) is 8.42. The molecule has 0 bridgehead atoms. The molecule has 0 saturated carbocycles. The lowest BCUT2D eigenvalue weighted by molar-refractivity contribution is 0.112. The van der Waals surface area contributed by atoms with E-state index in [1.165, 1.54) is 6.20 Å². The summed E-state index contributed by atoms with van der Waals surface area (Å²) in [7, 11) is 0. The van der Waals surface area contributed by atoms with Gasteiger partial charge in [0.2, 0.25) is 0 Å². The number of carbonyl (C=O) groups excluding carboxylic acids is 1. The van der Waals surface area contributed by atoms with Gasteiger partial charge in [-0.05, 0) is 18.2 Å². The summed E-state index contributed by atoms with van der Waals surface area (Å²) in [6.45, 7) is 0. The molecule has 0 aliphatic carbocycles. The SMILES string of the molecule is O=Cc1cnccc1Nc1ccccc1O. The fourth-order valence-electron chi connectivity index (χ4n) is 1.34. The highest BCUT2D eigenvalue weighted by Crippen LogP contribution is 2.26. The highest BCUT2D eigenvalue weighted by molar-refractivity contribution is 5.85. The minimum atomic E-state index is 0.135. The molecule has 0 unspecified atom stereocenters. The topological polar surface area (TPSA) is 62.2 Å². The number of carbonyl (C=O) groups is 1. The van der Waals surface area contributed by atoms with Crippen molar-refractivity contribution in [3.63, 3.8) is 0 Å². The average molecular weight is 214 g/mol. The molecule has 0 radical (unpaired) electrons. The highest BCUT2D eigenvalue weighted by atomic mass is 16.3. The number of nitrogens with one attached hydrogen (secondary N) is 1. The van der Waals surface area contributed by atoms with E-state index in [1.807, 2.05) is 0 Å². The van der Waals surface area contributed by atoms with Crippen LogP contribution < -0.4 is 5.32 Å². The molecule has 16 heavy (non-hydrogen) atoms. The average Bonchev–Trinajstić information content (AvgIpc) is 2.33. The zero-order valence-corrected chi connectivity index (χ0v) is 8.42. The molecule has 0 amide bonds. The fraction of sp³-hybridized carbons (Fsp3) is 0. The summed E-state index contributed by atoms with van der Waals surface area (Å²) >= 11 is 0. The van der Waals surface area contributed by atoms with Crippen molar-refractivity contribution in [3.05, 3.63) is 48.3 Å². The molecule has 1 heterocycles. The van der Waals surface area contributed by atoms with Crippen LogP contribution in [-0.2, 0) is 0 Å². The third kappa shape index (κ3) is 2.00. The van der Waals surface area contributed by atoms with Crippen LogP contribution in [0.5, 0.6) is 5.75 Å². The zero-order chi connectivity index (χ0) is 11.4. The van der Waals surface area contributed by atoms with Crippen LogP contribution in [0.2, 0.25) is 0 Å². The third-order valence-electron chi connectivity index (χ3n) is 2.15. The standard InChI is InChI=1S/C12H10N2O2/c15-8-9-7-13-6-5-10(9)14-11-3-1-2-4-12(11)16/h1-8,16H,(H,13,14). The molecule has 4 nitrogen and oxygen atoms in total. The number of nitrogens with zero attached hydrogens (tertiary/aromatic N) is 1. The van der Waals surface area contributed by atoms with Crippen molar-refractivity contribution in [1.82, 2.24) is 4.98 Å². The summed E-state index contributed by atoms with van der Waals surface area (Å²) in [6, 6.07) is 8.50. The first-order valence-corrected chi connectivity index (χ1v) is 4.75. The van der Waals surface area contributed by atoms with Crippen LogP contribution in [0.15, 0.2) is 42.7 Å². The van der Waals surface area contributed by atoms with E-state index in [0.29, 0.717) is 16.9 Å². The van der Waals surface area contributed by atoms with E-state index in [0.717, 1.165) is 6.29 Å². The van der Waals surface area contributed by atoms with Crippen molar-refractivity contribution < 1.29 is 9.90 Å². The number of pyridine rings is 1. The second-order valence-corrected chi connectivity index (χ2v) is 3.22. The van der Waals surface area contributed by atoms with E-state index in [2.05, 4.69) is 10.3 Å². The predicted octanol–water partition coefficient (Wildman–Crippen LogP) is 2.34. The maximum Gasteiger partial charge on any atom is 0.153 e. The quantitative estimate of drug-likeness (QED) is 0.608. The lowest BCUT2D eigenvalue weighted by Crippen LogP contribution is -1.95. The molecule has 0 aliphatic rings. The first-order valence-electron chi connectivity index (χ1n) is 4.75. The Morgan fingerprint density at radius 3 is 2.75 bits per heavy atom. The number of para-hydroxylation sites is 2. The van der Waals surface area contributed by atoms with Crippen molar-refractivity contribution in [2.45, 2.75) is 0 Å². The molecule has 0 saturated heterocycles. The largest absolute Gasteiger partial charge is 0.506 e. The maximum atomic E-state index is 10.8. The van der Waals surface area contributed by atoms with Gasteiger partial charge in [-0.25, -0.2) is 0 Å². The monoisotopic (exact) mass is 214 g/mol. The molecule has 0 fully saturated rings. The number of anilines is 2. The van der Waals surface area contributed by atoms with E-state index >= 15 is 0 Å². The molecule has 0 aliphatic heterocycles. The molecule has 1 aromatic carbocycles. The molecular formula is C12H10N2O2. The van der Waals surface area contributed by atoms with Gasteiger partial charge in [-0.3, -0.25) is 9.78 Å². The Kier molecular flexibility index (Phi) is 2.82. The minimum absolute atomic E-state index is 0.135. The summed E-state index contributed by atoms with van der Waals surface area (Å²) in [5.41, 5.74) is 1.62. The van der Waals surface area contributed by atoms with Crippen LogP contribution in [0.25, 0.3) is 0 Å². The molecule has 80 valence electrons.